The first kappa shape index (κ1) is 17.3. The molecule has 8 nitrogen and oxygen atoms in total. The lowest BCUT2D eigenvalue weighted by Gasteiger charge is -2.49. The van der Waals surface area contributed by atoms with Crippen molar-refractivity contribution in [3.63, 3.8) is 0 Å². The van der Waals surface area contributed by atoms with Crippen LogP contribution in [0.4, 0.5) is 0 Å². The van der Waals surface area contributed by atoms with Crippen LogP contribution in [0.15, 0.2) is 41.6 Å². The molecule has 132 valence electrons. The minimum atomic E-state index is -1.49. The molecule has 0 bridgehead atoms. The fourth-order valence-electron chi connectivity index (χ4n) is 3.02. The molecule has 1 saturated heterocycles. The number of β-lactam (4-membered cyclic amide) rings is 1. The molecular weight excluding hydrogens is 346 g/mol. The molecule has 0 spiro atoms. The number of hydrogen-bond donors (Lipinski definition) is 3. The van der Waals surface area contributed by atoms with Gasteiger partial charge in [0.15, 0.2) is 0 Å². The number of rotatable bonds is 4. The number of carboxylic acids is 1. The highest BCUT2D eigenvalue weighted by molar-refractivity contribution is 7.86. The van der Waals surface area contributed by atoms with Crippen LogP contribution < -0.4 is 11.1 Å². The number of carbonyl (C=O) groups is 3. The molecule has 0 radical (unpaired) electrons. The van der Waals surface area contributed by atoms with Gasteiger partial charge in [0.1, 0.15) is 23.2 Å². The highest BCUT2D eigenvalue weighted by Gasteiger charge is 2.56. The molecule has 2 aliphatic rings. The predicted molar refractivity (Wildman–Crippen MR) is 89.3 cm³/mol. The molecule has 0 aromatic heterocycles. The second-order valence-electron chi connectivity index (χ2n) is 5.93. The van der Waals surface area contributed by atoms with Gasteiger partial charge in [-0.1, -0.05) is 30.3 Å². The Kier molecular flexibility index (Phi) is 4.44. The Morgan fingerprint density at radius 1 is 1.36 bits per heavy atom. The summed E-state index contributed by atoms with van der Waals surface area (Å²) in [7, 11) is -1.49. The van der Waals surface area contributed by atoms with Crippen LogP contribution in [0.2, 0.25) is 0 Å². The van der Waals surface area contributed by atoms with E-state index in [4.69, 9.17) is 5.73 Å². The standard InChI is InChI=1S/C16H17N3O5S/c1-8-7-25(24)15-11(14(21)19(15)12(8)16(22)23)18-13(20)10(17)9-5-3-2-4-6-9/h2-6,10-11,15H,7,17H2,1H3,(H,18,20)(H,22,23)/t10-,11-,15-,25?/m1/s1. The normalized spacial score (nSPS) is 26.6. The second-order valence-corrected chi connectivity index (χ2v) is 7.47. The minimum Gasteiger partial charge on any atom is -0.477 e. The average Bonchev–Trinajstić information content (AvgIpc) is 2.58. The number of carboxylic acid groups (broad SMARTS) is 1. The Balaban J connectivity index is 1.78. The van der Waals surface area contributed by atoms with Gasteiger partial charge in [-0.05, 0) is 18.1 Å². The summed E-state index contributed by atoms with van der Waals surface area (Å²) >= 11 is 0. The zero-order valence-corrected chi connectivity index (χ0v) is 14.2. The van der Waals surface area contributed by atoms with E-state index in [1.807, 2.05) is 0 Å². The van der Waals surface area contributed by atoms with Gasteiger partial charge in [0.2, 0.25) is 5.91 Å². The summed E-state index contributed by atoms with van der Waals surface area (Å²) in [4.78, 5) is 37.0. The molecule has 0 saturated carbocycles. The number of nitrogens with one attached hydrogen (secondary N) is 1. The summed E-state index contributed by atoms with van der Waals surface area (Å²) in [5.74, 6) is -2.38. The summed E-state index contributed by atoms with van der Waals surface area (Å²) in [6, 6.07) is 6.62. The van der Waals surface area contributed by atoms with Crippen LogP contribution in [0, 0.1) is 0 Å². The van der Waals surface area contributed by atoms with Gasteiger partial charge in [-0.15, -0.1) is 0 Å². The van der Waals surface area contributed by atoms with Crippen molar-refractivity contribution in [3.05, 3.63) is 47.2 Å². The number of fused-ring (bicyclic) bond motifs is 1. The van der Waals surface area contributed by atoms with E-state index in [1.165, 1.54) is 6.92 Å². The van der Waals surface area contributed by atoms with E-state index in [2.05, 4.69) is 5.32 Å². The maximum Gasteiger partial charge on any atom is 0.352 e. The lowest BCUT2D eigenvalue weighted by atomic mass is 10.0. The second kappa shape index (κ2) is 6.41. The van der Waals surface area contributed by atoms with Gasteiger partial charge in [-0.3, -0.25) is 18.7 Å². The molecule has 1 fully saturated rings. The van der Waals surface area contributed by atoms with Crippen molar-refractivity contribution < 1.29 is 23.7 Å². The van der Waals surface area contributed by atoms with Crippen molar-refractivity contribution in [2.75, 3.05) is 5.75 Å². The zero-order chi connectivity index (χ0) is 18.3. The Hall–Kier alpha value is -2.52. The van der Waals surface area contributed by atoms with Crippen molar-refractivity contribution in [2.24, 2.45) is 5.73 Å². The molecule has 1 unspecified atom stereocenters. The third-order valence-corrected chi connectivity index (χ3v) is 6.00. The number of nitrogens with zero attached hydrogens (tertiary/aromatic N) is 1. The van der Waals surface area contributed by atoms with Gasteiger partial charge in [-0.25, -0.2) is 4.79 Å². The summed E-state index contributed by atoms with van der Waals surface area (Å²) in [6.45, 7) is 1.53. The van der Waals surface area contributed by atoms with Crippen molar-refractivity contribution in [2.45, 2.75) is 24.4 Å². The van der Waals surface area contributed by atoms with Crippen molar-refractivity contribution in [1.82, 2.24) is 10.2 Å². The molecule has 2 heterocycles. The largest absolute Gasteiger partial charge is 0.477 e. The molecule has 1 aromatic carbocycles. The van der Waals surface area contributed by atoms with E-state index < -0.39 is 46.0 Å². The van der Waals surface area contributed by atoms with Crippen LogP contribution in [0.5, 0.6) is 0 Å². The molecule has 2 aliphatic heterocycles. The van der Waals surface area contributed by atoms with E-state index in [1.54, 1.807) is 30.3 Å². The van der Waals surface area contributed by atoms with Crippen LogP contribution in [-0.4, -0.2) is 49.2 Å². The van der Waals surface area contributed by atoms with Gasteiger partial charge in [0, 0.05) is 5.75 Å². The molecular formula is C16H17N3O5S. The van der Waals surface area contributed by atoms with Gasteiger partial charge in [0.05, 0.1) is 10.8 Å². The fourth-order valence-corrected chi connectivity index (χ4v) is 4.68. The third kappa shape index (κ3) is 2.85. The van der Waals surface area contributed by atoms with E-state index in [9.17, 15) is 23.7 Å². The van der Waals surface area contributed by atoms with E-state index in [-0.39, 0.29) is 11.4 Å². The van der Waals surface area contributed by atoms with Crippen LogP contribution in [0.25, 0.3) is 0 Å². The quantitative estimate of drug-likeness (QED) is 0.616. The number of carbonyl (C=O) groups excluding carboxylic acids is 2. The summed E-state index contributed by atoms with van der Waals surface area (Å²) in [6.07, 6.45) is 0. The van der Waals surface area contributed by atoms with E-state index in [0.717, 1.165) is 4.90 Å². The van der Waals surface area contributed by atoms with E-state index in [0.29, 0.717) is 11.1 Å². The molecule has 0 aliphatic carbocycles. The Morgan fingerprint density at radius 3 is 2.60 bits per heavy atom. The van der Waals surface area contributed by atoms with Crippen LogP contribution >= 0.6 is 0 Å². The van der Waals surface area contributed by atoms with Gasteiger partial charge in [0.25, 0.3) is 5.91 Å². The van der Waals surface area contributed by atoms with Gasteiger partial charge in [-0.2, -0.15) is 0 Å². The summed E-state index contributed by atoms with van der Waals surface area (Å²) < 4.78 is 12.3. The number of nitrogens with two attached hydrogens (primary N) is 1. The number of benzene rings is 1. The SMILES string of the molecule is CC1=C(C(=O)O)N2C(=O)[C@@H](NC(=O)[C@H](N)c3ccccc3)[C@H]2S(=O)C1. The molecule has 4 atom stereocenters. The lowest BCUT2D eigenvalue weighted by molar-refractivity contribution is -0.151. The van der Waals surface area contributed by atoms with Gasteiger partial charge < -0.3 is 16.2 Å². The molecule has 25 heavy (non-hydrogen) atoms. The maximum atomic E-state index is 12.3. The first-order chi connectivity index (χ1) is 11.8. The Labute approximate surface area is 146 Å². The van der Waals surface area contributed by atoms with Crippen LogP contribution in [-0.2, 0) is 25.2 Å². The van der Waals surface area contributed by atoms with Crippen LogP contribution in [0.1, 0.15) is 18.5 Å². The monoisotopic (exact) mass is 363 g/mol. The van der Waals surface area contributed by atoms with Crippen molar-refractivity contribution >= 4 is 28.6 Å². The minimum absolute atomic E-state index is 0.0488. The summed E-state index contributed by atoms with van der Waals surface area (Å²) in [5, 5.41) is 10.9. The first-order valence-corrected chi connectivity index (χ1v) is 8.95. The van der Waals surface area contributed by atoms with Gasteiger partial charge >= 0.3 is 5.97 Å². The molecule has 3 rings (SSSR count). The maximum absolute atomic E-state index is 12.3. The third-order valence-electron chi connectivity index (χ3n) is 4.26. The highest BCUT2D eigenvalue weighted by atomic mass is 32.2. The van der Waals surface area contributed by atoms with Crippen molar-refractivity contribution in [1.29, 1.82) is 0 Å². The lowest BCUT2D eigenvalue weighted by Crippen LogP contribution is -2.73. The molecule has 1 aromatic rings. The molecule has 2 amide bonds. The van der Waals surface area contributed by atoms with Crippen molar-refractivity contribution in [3.8, 4) is 0 Å². The van der Waals surface area contributed by atoms with E-state index >= 15 is 0 Å². The van der Waals surface area contributed by atoms with Crippen LogP contribution in [0.3, 0.4) is 0 Å². The topological polar surface area (TPSA) is 130 Å². The highest BCUT2D eigenvalue weighted by Crippen LogP contribution is 2.34. The average molecular weight is 363 g/mol. The number of aliphatic carboxylic acids is 1. The fraction of sp³-hybridized carbons (Fsp3) is 0.312. The predicted octanol–water partition coefficient (Wildman–Crippen LogP) is -0.540. The number of hydrogen-bond acceptors (Lipinski definition) is 5. The molecule has 4 N–H and O–H groups in total. The Bertz CT molecular complexity index is 807. The first-order valence-electron chi connectivity index (χ1n) is 7.57. The zero-order valence-electron chi connectivity index (χ0n) is 13.3. The summed E-state index contributed by atoms with van der Waals surface area (Å²) in [5.41, 5.74) is 6.69. The Morgan fingerprint density at radius 2 is 2.00 bits per heavy atom. The number of amides is 2. The smallest absolute Gasteiger partial charge is 0.352 e. The molecule has 9 heteroatoms.